The Kier molecular flexibility index (Phi) is 3.26. The van der Waals surface area contributed by atoms with Crippen molar-refractivity contribution in [3.63, 3.8) is 0 Å². The number of nitrogens with zero attached hydrogens (tertiary/aromatic N) is 1. The molecule has 0 heterocycles. The molecule has 0 radical (unpaired) electrons. The van der Waals surface area contributed by atoms with Gasteiger partial charge in [0.05, 0.1) is 18.0 Å². The van der Waals surface area contributed by atoms with Gasteiger partial charge in [-0.05, 0) is 26.2 Å². The standard InChI is InChI=1S/C9H15N3O/c1-6(11)9(13)12-8-4-2-3-7(8)5-10/h6-8H,2-4,11H2,1H3,(H,12,13)/t6-,7?,8?/m0/s1. The van der Waals surface area contributed by atoms with Gasteiger partial charge in [-0.2, -0.15) is 5.26 Å². The molecule has 13 heavy (non-hydrogen) atoms. The van der Waals surface area contributed by atoms with E-state index < -0.39 is 6.04 Å². The molecule has 1 saturated carbocycles. The molecule has 1 rings (SSSR count). The number of nitrogens with two attached hydrogens (primary N) is 1. The fraction of sp³-hybridized carbons (Fsp3) is 0.778. The van der Waals surface area contributed by atoms with Gasteiger partial charge in [0, 0.05) is 6.04 Å². The molecule has 72 valence electrons. The minimum Gasteiger partial charge on any atom is -0.351 e. The molecule has 4 heteroatoms. The number of hydrogen-bond donors (Lipinski definition) is 2. The van der Waals surface area contributed by atoms with Crippen molar-refractivity contribution in [2.24, 2.45) is 11.7 Å². The Labute approximate surface area is 78.1 Å². The maximum Gasteiger partial charge on any atom is 0.236 e. The third kappa shape index (κ3) is 2.43. The van der Waals surface area contributed by atoms with Gasteiger partial charge >= 0.3 is 0 Å². The highest BCUT2D eigenvalue weighted by Crippen LogP contribution is 2.24. The fourth-order valence-corrected chi connectivity index (χ4v) is 1.60. The normalized spacial score (nSPS) is 29.3. The van der Waals surface area contributed by atoms with Gasteiger partial charge in [0.25, 0.3) is 0 Å². The summed E-state index contributed by atoms with van der Waals surface area (Å²) in [5.41, 5.74) is 5.41. The summed E-state index contributed by atoms with van der Waals surface area (Å²) in [5.74, 6) is -0.185. The molecule has 0 aliphatic heterocycles. The lowest BCUT2D eigenvalue weighted by Crippen LogP contribution is -2.45. The van der Waals surface area contributed by atoms with Gasteiger partial charge in [-0.15, -0.1) is 0 Å². The molecule has 3 atom stereocenters. The minimum absolute atomic E-state index is 0.0171. The van der Waals surface area contributed by atoms with Crippen LogP contribution in [0.5, 0.6) is 0 Å². The second-order valence-electron chi connectivity index (χ2n) is 3.57. The van der Waals surface area contributed by atoms with Crippen LogP contribution in [-0.2, 0) is 4.79 Å². The lowest BCUT2D eigenvalue weighted by Gasteiger charge is -2.16. The minimum atomic E-state index is -0.486. The van der Waals surface area contributed by atoms with Crippen molar-refractivity contribution in [1.82, 2.24) is 5.32 Å². The average Bonchev–Trinajstić information content (AvgIpc) is 2.51. The molecule has 0 aromatic rings. The lowest BCUT2D eigenvalue weighted by atomic mass is 10.1. The molecule has 0 bridgehead atoms. The Morgan fingerprint density at radius 3 is 2.92 bits per heavy atom. The van der Waals surface area contributed by atoms with Gasteiger partial charge in [-0.1, -0.05) is 0 Å². The van der Waals surface area contributed by atoms with E-state index >= 15 is 0 Å². The summed E-state index contributed by atoms with van der Waals surface area (Å²) in [6.45, 7) is 1.64. The zero-order valence-corrected chi connectivity index (χ0v) is 7.79. The maximum atomic E-state index is 11.2. The second-order valence-corrected chi connectivity index (χ2v) is 3.57. The van der Waals surface area contributed by atoms with Crippen LogP contribution in [0.3, 0.4) is 0 Å². The number of carbonyl (C=O) groups excluding carboxylic acids is 1. The van der Waals surface area contributed by atoms with E-state index in [-0.39, 0.29) is 17.9 Å². The smallest absolute Gasteiger partial charge is 0.236 e. The third-order valence-corrected chi connectivity index (χ3v) is 2.42. The molecule has 1 aliphatic carbocycles. The van der Waals surface area contributed by atoms with Crippen LogP contribution >= 0.6 is 0 Å². The summed E-state index contributed by atoms with van der Waals surface area (Å²) in [5, 5.41) is 11.5. The molecular formula is C9H15N3O. The number of nitrogens with one attached hydrogen (secondary N) is 1. The third-order valence-electron chi connectivity index (χ3n) is 2.42. The monoisotopic (exact) mass is 181 g/mol. The first-order chi connectivity index (χ1) is 6.15. The number of rotatable bonds is 2. The van der Waals surface area contributed by atoms with E-state index in [0.717, 1.165) is 19.3 Å². The van der Waals surface area contributed by atoms with E-state index in [1.165, 1.54) is 0 Å². The number of nitriles is 1. The van der Waals surface area contributed by atoms with Crippen LogP contribution in [0.1, 0.15) is 26.2 Å². The molecule has 0 aromatic carbocycles. The van der Waals surface area contributed by atoms with Crippen molar-refractivity contribution in [1.29, 1.82) is 5.26 Å². The maximum absolute atomic E-state index is 11.2. The molecule has 2 unspecified atom stereocenters. The van der Waals surface area contributed by atoms with Crippen molar-refractivity contribution in [2.45, 2.75) is 38.3 Å². The first-order valence-corrected chi connectivity index (χ1v) is 4.60. The zero-order valence-electron chi connectivity index (χ0n) is 7.79. The van der Waals surface area contributed by atoms with Gasteiger partial charge in [0.1, 0.15) is 0 Å². The predicted octanol–water partition coefficient (Wildman–Crippen LogP) is 0.142. The van der Waals surface area contributed by atoms with Crippen LogP contribution in [0.2, 0.25) is 0 Å². The van der Waals surface area contributed by atoms with Crippen LogP contribution in [0.15, 0.2) is 0 Å². The second kappa shape index (κ2) is 4.24. The van der Waals surface area contributed by atoms with Crippen molar-refractivity contribution >= 4 is 5.91 Å². The Hall–Kier alpha value is -1.08. The van der Waals surface area contributed by atoms with Gasteiger partial charge in [0.15, 0.2) is 0 Å². The van der Waals surface area contributed by atoms with Crippen molar-refractivity contribution in [3.05, 3.63) is 0 Å². The van der Waals surface area contributed by atoms with Crippen LogP contribution in [0.4, 0.5) is 0 Å². The Bertz CT molecular complexity index is 232. The summed E-state index contributed by atoms with van der Waals surface area (Å²) in [6, 6.07) is 1.73. The highest BCUT2D eigenvalue weighted by Gasteiger charge is 2.28. The van der Waals surface area contributed by atoms with E-state index in [2.05, 4.69) is 11.4 Å². The van der Waals surface area contributed by atoms with Gasteiger partial charge in [0.2, 0.25) is 5.91 Å². The highest BCUT2D eigenvalue weighted by molar-refractivity contribution is 5.81. The first-order valence-electron chi connectivity index (χ1n) is 4.60. The molecule has 0 spiro atoms. The first kappa shape index (κ1) is 10.0. The van der Waals surface area contributed by atoms with E-state index in [9.17, 15) is 4.79 Å². The summed E-state index contributed by atoms with van der Waals surface area (Å²) in [7, 11) is 0. The average molecular weight is 181 g/mol. The molecule has 1 aliphatic rings. The Balaban J connectivity index is 2.45. The molecule has 3 N–H and O–H groups in total. The van der Waals surface area contributed by atoms with Crippen molar-refractivity contribution < 1.29 is 4.79 Å². The zero-order chi connectivity index (χ0) is 9.84. The van der Waals surface area contributed by atoms with Gasteiger partial charge in [-0.25, -0.2) is 0 Å². The van der Waals surface area contributed by atoms with Gasteiger partial charge < -0.3 is 11.1 Å². The number of hydrogen-bond acceptors (Lipinski definition) is 3. The summed E-state index contributed by atoms with van der Waals surface area (Å²) in [4.78, 5) is 11.2. The SMILES string of the molecule is C[C@H](N)C(=O)NC1CCCC1C#N. The van der Waals surface area contributed by atoms with Crippen LogP contribution in [-0.4, -0.2) is 18.0 Å². The molecule has 0 saturated heterocycles. The Morgan fingerprint density at radius 2 is 2.38 bits per heavy atom. The topological polar surface area (TPSA) is 78.9 Å². The lowest BCUT2D eigenvalue weighted by molar-refractivity contribution is -0.122. The Morgan fingerprint density at radius 1 is 1.69 bits per heavy atom. The molecule has 4 nitrogen and oxygen atoms in total. The quantitative estimate of drug-likeness (QED) is 0.636. The van der Waals surface area contributed by atoms with Crippen LogP contribution in [0, 0.1) is 17.2 Å². The number of amides is 1. The largest absolute Gasteiger partial charge is 0.351 e. The van der Waals surface area contributed by atoms with Gasteiger partial charge in [-0.3, -0.25) is 4.79 Å². The predicted molar refractivity (Wildman–Crippen MR) is 48.5 cm³/mol. The summed E-state index contributed by atoms with van der Waals surface area (Å²) in [6.07, 6.45) is 2.80. The summed E-state index contributed by atoms with van der Waals surface area (Å²) >= 11 is 0. The van der Waals surface area contributed by atoms with Crippen molar-refractivity contribution in [3.8, 4) is 6.07 Å². The van der Waals surface area contributed by atoms with E-state index in [4.69, 9.17) is 11.0 Å². The van der Waals surface area contributed by atoms with Crippen molar-refractivity contribution in [2.75, 3.05) is 0 Å². The van der Waals surface area contributed by atoms with E-state index in [1.807, 2.05) is 0 Å². The molecule has 1 fully saturated rings. The van der Waals surface area contributed by atoms with E-state index in [0.29, 0.717) is 0 Å². The molecular weight excluding hydrogens is 166 g/mol. The number of carbonyl (C=O) groups is 1. The molecule has 1 amide bonds. The molecule has 0 aromatic heterocycles. The summed E-state index contributed by atoms with van der Waals surface area (Å²) < 4.78 is 0. The van der Waals surface area contributed by atoms with E-state index in [1.54, 1.807) is 6.92 Å². The fourth-order valence-electron chi connectivity index (χ4n) is 1.60. The van der Waals surface area contributed by atoms with Crippen LogP contribution in [0.25, 0.3) is 0 Å². The highest BCUT2D eigenvalue weighted by atomic mass is 16.2. The van der Waals surface area contributed by atoms with Crippen LogP contribution < -0.4 is 11.1 Å².